The average molecular weight is 417 g/mol. The average Bonchev–Trinajstić information content (AvgIpc) is 3.19. The smallest absolute Gasteiger partial charge is 0.329 e. The van der Waals surface area contributed by atoms with Gasteiger partial charge in [-0.15, -0.1) is 11.3 Å². The number of aryl methyl sites for hydroxylation is 1. The molecule has 2 aromatic heterocycles. The summed E-state index contributed by atoms with van der Waals surface area (Å²) in [4.78, 5) is 38.7. The molecule has 0 radical (unpaired) electrons. The lowest BCUT2D eigenvalue weighted by Crippen LogP contribution is -2.54. The van der Waals surface area contributed by atoms with E-state index in [1.54, 1.807) is 31.5 Å². The zero-order valence-electron chi connectivity index (χ0n) is 16.4. The number of hydrogen-bond acceptors (Lipinski definition) is 8. The molecule has 1 spiro atoms. The fourth-order valence-corrected chi connectivity index (χ4v) is 4.74. The van der Waals surface area contributed by atoms with Crippen LogP contribution in [0.25, 0.3) is 0 Å². The van der Waals surface area contributed by atoms with Crippen molar-refractivity contribution in [2.75, 3.05) is 23.3 Å². The Hall–Kier alpha value is -2.56. The number of imide groups is 1. The molecule has 1 unspecified atom stereocenters. The quantitative estimate of drug-likeness (QED) is 0.502. The Morgan fingerprint density at radius 2 is 2.10 bits per heavy atom. The topological polar surface area (TPSA) is 111 Å². The Kier molecular flexibility index (Phi) is 5.24. The molecule has 4 heterocycles. The number of thiazole rings is 1. The van der Waals surface area contributed by atoms with Gasteiger partial charge in [0.15, 0.2) is 5.13 Å². The van der Waals surface area contributed by atoms with Gasteiger partial charge in [0.05, 0.1) is 5.69 Å². The summed E-state index contributed by atoms with van der Waals surface area (Å²) in [6.45, 7) is 5.61. The third kappa shape index (κ3) is 3.96. The van der Waals surface area contributed by atoms with Crippen molar-refractivity contribution in [3.05, 3.63) is 35.1 Å². The summed E-state index contributed by atoms with van der Waals surface area (Å²) < 4.78 is 0. The van der Waals surface area contributed by atoms with E-state index in [0.717, 1.165) is 17.1 Å². The summed E-state index contributed by atoms with van der Waals surface area (Å²) in [5, 5.41) is 15.9. The molecule has 10 heteroatoms. The lowest BCUT2D eigenvalue weighted by Gasteiger charge is -2.37. The molecule has 2 aliphatic heterocycles. The van der Waals surface area contributed by atoms with Gasteiger partial charge in [-0.2, -0.15) is 0 Å². The van der Waals surface area contributed by atoms with Crippen LogP contribution in [-0.2, 0) is 11.3 Å². The number of pyridine rings is 1. The van der Waals surface area contributed by atoms with E-state index in [-0.39, 0.29) is 11.9 Å². The first-order valence-electron chi connectivity index (χ1n) is 9.57. The minimum Gasteiger partial charge on any atom is -0.374 e. The first kappa shape index (κ1) is 19.7. The van der Waals surface area contributed by atoms with Gasteiger partial charge in [-0.05, 0) is 38.8 Å². The molecule has 0 bridgehead atoms. The number of aromatic nitrogens is 2. The second-order valence-electron chi connectivity index (χ2n) is 7.54. The number of nitrogens with zero attached hydrogens (tertiary/aromatic N) is 4. The van der Waals surface area contributed by atoms with Crippen LogP contribution in [0.15, 0.2) is 24.5 Å². The molecule has 4 rings (SSSR count). The van der Waals surface area contributed by atoms with Crippen molar-refractivity contribution < 1.29 is 14.7 Å². The predicted octanol–water partition coefficient (Wildman–Crippen LogP) is 1.69. The number of carbonyl (C=O) groups excluding carboxylic acids is 2. The van der Waals surface area contributed by atoms with Gasteiger partial charge >= 0.3 is 6.03 Å². The van der Waals surface area contributed by atoms with E-state index in [2.05, 4.69) is 25.5 Å². The van der Waals surface area contributed by atoms with Crippen molar-refractivity contribution >= 4 is 34.1 Å². The summed E-state index contributed by atoms with van der Waals surface area (Å²) in [7, 11) is 0. The molecule has 2 aromatic rings. The molecule has 9 nitrogen and oxygen atoms in total. The Morgan fingerprint density at radius 1 is 1.34 bits per heavy atom. The Bertz CT molecular complexity index is 922. The van der Waals surface area contributed by atoms with E-state index in [4.69, 9.17) is 0 Å². The number of aliphatic hydroxyl groups excluding tert-OH is 1. The summed E-state index contributed by atoms with van der Waals surface area (Å²) in [5.41, 5.74) is 0.479. The molecule has 0 saturated carbocycles. The van der Waals surface area contributed by atoms with Crippen LogP contribution in [-0.4, -0.2) is 56.8 Å². The Morgan fingerprint density at radius 3 is 2.79 bits per heavy atom. The van der Waals surface area contributed by atoms with Crippen LogP contribution >= 0.6 is 11.3 Å². The normalized spacial score (nSPS) is 20.2. The number of urea groups is 1. The van der Waals surface area contributed by atoms with Crippen molar-refractivity contribution in [3.8, 4) is 0 Å². The van der Waals surface area contributed by atoms with Crippen molar-refractivity contribution in [2.24, 2.45) is 0 Å². The maximum absolute atomic E-state index is 13.1. The first-order valence-corrected chi connectivity index (χ1v) is 10.4. The van der Waals surface area contributed by atoms with Crippen LogP contribution in [0.5, 0.6) is 0 Å². The van der Waals surface area contributed by atoms with Crippen molar-refractivity contribution in [1.29, 1.82) is 0 Å². The molecule has 0 aromatic carbocycles. The van der Waals surface area contributed by atoms with Gasteiger partial charge < -0.3 is 15.7 Å². The summed E-state index contributed by atoms with van der Waals surface area (Å²) >= 11 is 1.50. The van der Waals surface area contributed by atoms with Crippen molar-refractivity contribution in [3.63, 3.8) is 0 Å². The summed E-state index contributed by atoms with van der Waals surface area (Å²) in [6.07, 6.45) is 3.89. The number of carbonyl (C=O) groups is 2. The van der Waals surface area contributed by atoms with Crippen LogP contribution < -0.4 is 15.5 Å². The summed E-state index contributed by atoms with van der Waals surface area (Å²) in [5.74, 6) is -0.186. The molecule has 3 amide bonds. The van der Waals surface area contributed by atoms with E-state index >= 15 is 0 Å². The molecular weight excluding hydrogens is 392 g/mol. The molecule has 2 saturated heterocycles. The van der Waals surface area contributed by atoms with Gasteiger partial charge in [0.25, 0.3) is 5.91 Å². The van der Waals surface area contributed by atoms with E-state index in [0.29, 0.717) is 36.8 Å². The van der Waals surface area contributed by atoms with Crippen LogP contribution in [0, 0.1) is 6.92 Å². The van der Waals surface area contributed by atoms with Gasteiger partial charge in [-0.3, -0.25) is 14.7 Å². The lowest BCUT2D eigenvalue weighted by molar-refractivity contribution is -0.123. The highest BCUT2D eigenvalue weighted by Crippen LogP contribution is 2.33. The highest BCUT2D eigenvalue weighted by molar-refractivity contribution is 7.15. The van der Waals surface area contributed by atoms with Gasteiger partial charge in [-0.1, -0.05) is 0 Å². The highest BCUT2D eigenvalue weighted by Gasteiger charge is 2.52. The summed E-state index contributed by atoms with van der Waals surface area (Å²) in [6, 6.07) is 3.06. The monoisotopic (exact) mass is 416 g/mol. The molecule has 3 N–H and O–H groups in total. The van der Waals surface area contributed by atoms with Crippen molar-refractivity contribution in [1.82, 2.24) is 20.2 Å². The van der Waals surface area contributed by atoms with Gasteiger partial charge in [-0.25, -0.2) is 14.7 Å². The molecule has 29 heavy (non-hydrogen) atoms. The Labute approximate surface area is 172 Å². The number of rotatable bonds is 5. The number of anilines is 2. The second-order valence-corrected chi connectivity index (χ2v) is 8.65. The van der Waals surface area contributed by atoms with Gasteiger partial charge in [0, 0.05) is 42.6 Å². The lowest BCUT2D eigenvalue weighted by atomic mass is 9.87. The zero-order chi connectivity index (χ0) is 20.6. The number of hydrogen-bond donors (Lipinski definition) is 3. The molecule has 1 atom stereocenters. The van der Waals surface area contributed by atoms with E-state index < -0.39 is 11.8 Å². The van der Waals surface area contributed by atoms with Crippen molar-refractivity contribution in [2.45, 2.75) is 45.0 Å². The minimum absolute atomic E-state index is 0.186. The highest BCUT2D eigenvalue weighted by atomic mass is 32.1. The van der Waals surface area contributed by atoms with Crippen LogP contribution in [0.2, 0.25) is 0 Å². The van der Waals surface area contributed by atoms with Crippen LogP contribution in [0.3, 0.4) is 0 Å². The Balaban J connectivity index is 1.40. The van der Waals surface area contributed by atoms with E-state index in [1.807, 2.05) is 6.92 Å². The number of aliphatic hydroxyl groups is 1. The fourth-order valence-electron chi connectivity index (χ4n) is 3.80. The van der Waals surface area contributed by atoms with Crippen LogP contribution in [0.1, 0.15) is 30.3 Å². The van der Waals surface area contributed by atoms with E-state index in [1.165, 1.54) is 16.2 Å². The van der Waals surface area contributed by atoms with E-state index in [9.17, 15) is 14.7 Å². The molecule has 2 fully saturated rings. The maximum atomic E-state index is 13.1. The minimum atomic E-state index is -0.836. The number of amides is 3. The number of nitrogens with one attached hydrogen (secondary N) is 2. The third-order valence-corrected chi connectivity index (χ3v) is 6.19. The van der Waals surface area contributed by atoms with Crippen LogP contribution in [0.4, 0.5) is 15.6 Å². The SMILES string of the molecule is Cc1cc(N2C(=O)NC3(CCN(Cc4cnc(NC(C)O)s4)CC3)C2=O)ccn1. The number of piperidine rings is 1. The van der Waals surface area contributed by atoms with Gasteiger partial charge in [0.1, 0.15) is 11.8 Å². The maximum Gasteiger partial charge on any atom is 0.329 e. The predicted molar refractivity (Wildman–Crippen MR) is 110 cm³/mol. The second kappa shape index (κ2) is 7.69. The zero-order valence-corrected chi connectivity index (χ0v) is 17.2. The molecule has 154 valence electrons. The first-order chi connectivity index (χ1) is 13.9. The fraction of sp³-hybridized carbons (Fsp3) is 0.474. The largest absolute Gasteiger partial charge is 0.374 e. The van der Waals surface area contributed by atoms with Gasteiger partial charge in [0.2, 0.25) is 0 Å². The molecular formula is C19H24N6O3S. The molecule has 0 aliphatic carbocycles. The standard InChI is InChI=1S/C19H24N6O3S/c1-12-9-14(3-6-20-12)25-16(27)19(23-18(25)28)4-7-24(8-5-19)11-15-10-21-17(29-15)22-13(2)26/h3,6,9-10,13,26H,4-5,7-8,11H2,1-2H3,(H,21,22)(H,23,28). The molecule has 2 aliphatic rings. The third-order valence-electron chi connectivity index (χ3n) is 5.28. The number of likely N-dealkylation sites (tertiary alicyclic amines) is 1.